The number of carbonyl (C=O) groups is 2. The standard InChI is InChI=1S/C23H27N3O2/c1-2-26(21-11-7-4-8-12-21)23(28)20-15-19(16-24-17-20)22(27)25-14-13-18-9-5-3-6-10-18/h4,7-9,11-12,15-17H,2-3,5-6,10,13-14H2,1H3,(H,25,27). The molecule has 0 aliphatic heterocycles. The number of aromatic nitrogens is 1. The zero-order valence-corrected chi connectivity index (χ0v) is 16.4. The SMILES string of the molecule is CCN(C(=O)c1cncc(C(=O)NCCC2=CCCCC2)c1)c1ccccc1. The molecular formula is C23H27N3O2. The van der Waals surface area contributed by atoms with Gasteiger partial charge in [-0.05, 0) is 57.2 Å². The van der Waals surface area contributed by atoms with Crippen LogP contribution in [0.3, 0.4) is 0 Å². The van der Waals surface area contributed by atoms with Crippen LogP contribution in [0, 0.1) is 0 Å². The maximum Gasteiger partial charge on any atom is 0.259 e. The molecule has 0 spiro atoms. The monoisotopic (exact) mass is 377 g/mol. The van der Waals surface area contributed by atoms with Crippen LogP contribution < -0.4 is 10.2 Å². The number of carbonyl (C=O) groups excluding carboxylic acids is 2. The van der Waals surface area contributed by atoms with E-state index in [0.29, 0.717) is 24.2 Å². The van der Waals surface area contributed by atoms with E-state index in [4.69, 9.17) is 0 Å². The van der Waals surface area contributed by atoms with E-state index in [-0.39, 0.29) is 11.8 Å². The number of pyridine rings is 1. The van der Waals surface area contributed by atoms with Gasteiger partial charge in [0.1, 0.15) is 0 Å². The van der Waals surface area contributed by atoms with Gasteiger partial charge in [-0.1, -0.05) is 29.8 Å². The highest BCUT2D eigenvalue weighted by Crippen LogP contribution is 2.20. The Hall–Kier alpha value is -2.95. The van der Waals surface area contributed by atoms with Gasteiger partial charge in [0.15, 0.2) is 0 Å². The predicted molar refractivity (Wildman–Crippen MR) is 112 cm³/mol. The van der Waals surface area contributed by atoms with Gasteiger partial charge in [-0.15, -0.1) is 0 Å². The van der Waals surface area contributed by atoms with Crippen molar-refractivity contribution >= 4 is 17.5 Å². The summed E-state index contributed by atoms with van der Waals surface area (Å²) >= 11 is 0. The van der Waals surface area contributed by atoms with Crippen molar-refractivity contribution in [1.82, 2.24) is 10.3 Å². The van der Waals surface area contributed by atoms with Crippen LogP contribution in [0.4, 0.5) is 5.69 Å². The number of hydrogen-bond acceptors (Lipinski definition) is 3. The van der Waals surface area contributed by atoms with Crippen LogP contribution in [0.2, 0.25) is 0 Å². The summed E-state index contributed by atoms with van der Waals surface area (Å²) in [6, 6.07) is 11.1. The van der Waals surface area contributed by atoms with Crippen molar-refractivity contribution in [2.24, 2.45) is 0 Å². The van der Waals surface area contributed by atoms with Crippen LogP contribution in [0.1, 0.15) is 59.7 Å². The minimum Gasteiger partial charge on any atom is -0.352 e. The molecule has 0 bridgehead atoms. The summed E-state index contributed by atoms with van der Waals surface area (Å²) in [5, 5.41) is 2.94. The maximum atomic E-state index is 12.9. The van der Waals surface area contributed by atoms with Crippen LogP contribution in [0.15, 0.2) is 60.4 Å². The zero-order chi connectivity index (χ0) is 19.8. The third-order valence-electron chi connectivity index (χ3n) is 4.99. The van der Waals surface area contributed by atoms with Gasteiger partial charge in [-0.3, -0.25) is 14.6 Å². The Morgan fingerprint density at radius 2 is 1.89 bits per heavy atom. The Bertz CT molecular complexity index is 846. The summed E-state index contributed by atoms with van der Waals surface area (Å²) in [6.45, 7) is 3.07. The second-order valence-electron chi connectivity index (χ2n) is 6.96. The molecule has 1 heterocycles. The fraction of sp³-hybridized carbons (Fsp3) is 0.348. The molecule has 2 aromatic rings. The Morgan fingerprint density at radius 1 is 1.11 bits per heavy atom. The van der Waals surface area contributed by atoms with Crippen molar-refractivity contribution in [3.05, 3.63) is 71.6 Å². The normalized spacial score (nSPS) is 13.5. The van der Waals surface area contributed by atoms with Crippen LogP contribution in [-0.4, -0.2) is 29.9 Å². The Kier molecular flexibility index (Phi) is 6.95. The lowest BCUT2D eigenvalue weighted by Gasteiger charge is -2.21. The molecule has 0 saturated carbocycles. The average Bonchev–Trinajstić information content (AvgIpc) is 2.76. The van der Waals surface area contributed by atoms with E-state index in [9.17, 15) is 9.59 Å². The molecule has 0 atom stereocenters. The second-order valence-corrected chi connectivity index (χ2v) is 6.96. The summed E-state index contributed by atoms with van der Waals surface area (Å²) in [4.78, 5) is 31.2. The van der Waals surface area contributed by atoms with Crippen molar-refractivity contribution in [3.8, 4) is 0 Å². The van der Waals surface area contributed by atoms with Crippen molar-refractivity contribution < 1.29 is 9.59 Å². The number of nitrogens with zero attached hydrogens (tertiary/aromatic N) is 2. The van der Waals surface area contributed by atoms with Gasteiger partial charge >= 0.3 is 0 Å². The maximum absolute atomic E-state index is 12.9. The van der Waals surface area contributed by atoms with E-state index in [2.05, 4.69) is 16.4 Å². The first kappa shape index (κ1) is 19.8. The van der Waals surface area contributed by atoms with Gasteiger partial charge in [0, 0.05) is 31.2 Å². The van der Waals surface area contributed by atoms with Crippen LogP contribution in [-0.2, 0) is 0 Å². The molecule has 1 aromatic carbocycles. The summed E-state index contributed by atoms with van der Waals surface area (Å²) in [5.41, 5.74) is 3.07. The number of para-hydroxylation sites is 1. The molecular weight excluding hydrogens is 350 g/mol. The van der Waals surface area contributed by atoms with Crippen LogP contribution in [0.5, 0.6) is 0 Å². The molecule has 1 aromatic heterocycles. The van der Waals surface area contributed by atoms with E-state index in [1.54, 1.807) is 11.0 Å². The topological polar surface area (TPSA) is 62.3 Å². The molecule has 1 N–H and O–H groups in total. The molecule has 2 amide bonds. The summed E-state index contributed by atoms with van der Waals surface area (Å²) in [5.74, 6) is -0.357. The van der Waals surface area contributed by atoms with E-state index in [1.807, 2.05) is 37.3 Å². The van der Waals surface area contributed by atoms with E-state index in [0.717, 1.165) is 24.9 Å². The highest BCUT2D eigenvalue weighted by molar-refractivity contribution is 6.07. The van der Waals surface area contributed by atoms with Gasteiger partial charge in [-0.25, -0.2) is 0 Å². The largest absolute Gasteiger partial charge is 0.352 e. The van der Waals surface area contributed by atoms with Gasteiger partial charge in [0.25, 0.3) is 11.8 Å². The molecule has 5 heteroatoms. The molecule has 28 heavy (non-hydrogen) atoms. The third-order valence-corrected chi connectivity index (χ3v) is 4.99. The third kappa shape index (κ3) is 5.06. The number of amides is 2. The highest BCUT2D eigenvalue weighted by atomic mass is 16.2. The fourth-order valence-corrected chi connectivity index (χ4v) is 3.46. The van der Waals surface area contributed by atoms with Crippen molar-refractivity contribution in [2.45, 2.75) is 39.0 Å². The molecule has 1 aliphatic carbocycles. The zero-order valence-electron chi connectivity index (χ0n) is 16.4. The lowest BCUT2D eigenvalue weighted by molar-refractivity contribution is 0.0953. The Labute approximate surface area is 166 Å². The molecule has 0 radical (unpaired) electrons. The molecule has 5 nitrogen and oxygen atoms in total. The number of anilines is 1. The quantitative estimate of drug-likeness (QED) is 0.729. The first-order chi connectivity index (χ1) is 13.7. The molecule has 0 fully saturated rings. The average molecular weight is 377 g/mol. The summed E-state index contributed by atoms with van der Waals surface area (Å²) < 4.78 is 0. The number of benzene rings is 1. The summed E-state index contributed by atoms with van der Waals surface area (Å²) in [7, 11) is 0. The molecule has 146 valence electrons. The fourth-order valence-electron chi connectivity index (χ4n) is 3.46. The number of nitrogens with one attached hydrogen (secondary N) is 1. The number of rotatable bonds is 7. The molecule has 1 aliphatic rings. The van der Waals surface area contributed by atoms with Gasteiger partial charge < -0.3 is 10.2 Å². The van der Waals surface area contributed by atoms with Crippen LogP contribution in [0.25, 0.3) is 0 Å². The number of allylic oxidation sites excluding steroid dienone is 1. The lowest BCUT2D eigenvalue weighted by Crippen LogP contribution is -2.31. The van der Waals surface area contributed by atoms with Crippen LogP contribution >= 0.6 is 0 Å². The van der Waals surface area contributed by atoms with E-state index < -0.39 is 0 Å². The van der Waals surface area contributed by atoms with E-state index >= 15 is 0 Å². The second kappa shape index (κ2) is 9.83. The first-order valence-corrected chi connectivity index (χ1v) is 9.97. The van der Waals surface area contributed by atoms with Crippen molar-refractivity contribution in [3.63, 3.8) is 0 Å². The Morgan fingerprint density at radius 3 is 2.61 bits per heavy atom. The molecule has 0 unspecified atom stereocenters. The lowest BCUT2D eigenvalue weighted by atomic mass is 9.97. The smallest absolute Gasteiger partial charge is 0.259 e. The van der Waals surface area contributed by atoms with E-state index in [1.165, 1.54) is 30.8 Å². The number of hydrogen-bond donors (Lipinski definition) is 1. The van der Waals surface area contributed by atoms with Crippen molar-refractivity contribution in [2.75, 3.05) is 18.0 Å². The van der Waals surface area contributed by atoms with Gasteiger partial charge in [0.05, 0.1) is 11.1 Å². The molecule has 0 saturated heterocycles. The first-order valence-electron chi connectivity index (χ1n) is 9.97. The molecule has 3 rings (SSSR count). The Balaban J connectivity index is 1.64. The minimum absolute atomic E-state index is 0.164. The minimum atomic E-state index is -0.193. The van der Waals surface area contributed by atoms with Crippen molar-refractivity contribution in [1.29, 1.82) is 0 Å². The predicted octanol–water partition coefficient (Wildman–Crippen LogP) is 4.37. The highest BCUT2D eigenvalue weighted by Gasteiger charge is 2.18. The van der Waals surface area contributed by atoms with Gasteiger partial charge in [0.2, 0.25) is 0 Å². The summed E-state index contributed by atoms with van der Waals surface area (Å²) in [6.07, 6.45) is 11.0. The van der Waals surface area contributed by atoms with Gasteiger partial charge in [-0.2, -0.15) is 0 Å².